The van der Waals surface area contributed by atoms with Crippen molar-refractivity contribution in [3.05, 3.63) is 58.8 Å². The van der Waals surface area contributed by atoms with E-state index in [0.29, 0.717) is 11.4 Å². The second-order valence-corrected chi connectivity index (χ2v) is 9.30. The highest BCUT2D eigenvalue weighted by molar-refractivity contribution is 9.10. The van der Waals surface area contributed by atoms with E-state index < -0.39 is 10.0 Å². The zero-order valence-corrected chi connectivity index (χ0v) is 15.6. The molecule has 3 rings (SSSR count). The van der Waals surface area contributed by atoms with Gasteiger partial charge in [0.15, 0.2) is 0 Å². The van der Waals surface area contributed by atoms with Gasteiger partial charge in [-0.1, -0.05) is 28.1 Å². The molecule has 7 heteroatoms. The van der Waals surface area contributed by atoms with Gasteiger partial charge in [0.25, 0.3) is 0 Å². The summed E-state index contributed by atoms with van der Waals surface area (Å²) in [6.45, 7) is 0.306. The van der Waals surface area contributed by atoms with E-state index in [9.17, 15) is 8.42 Å². The fourth-order valence-corrected chi connectivity index (χ4v) is 6.11. The van der Waals surface area contributed by atoms with Gasteiger partial charge in [-0.05, 0) is 42.5 Å². The minimum absolute atomic E-state index is 0.0194. The molecule has 4 nitrogen and oxygen atoms in total. The van der Waals surface area contributed by atoms with E-state index in [4.69, 9.17) is 0 Å². The first-order valence-corrected chi connectivity index (χ1v) is 10.7. The van der Waals surface area contributed by atoms with Crippen LogP contribution in [-0.2, 0) is 16.6 Å². The summed E-state index contributed by atoms with van der Waals surface area (Å²) < 4.78 is 28.7. The van der Waals surface area contributed by atoms with Gasteiger partial charge < -0.3 is 0 Å². The normalized spacial score (nSPS) is 18.4. The molecule has 1 aromatic carbocycles. The van der Waals surface area contributed by atoms with E-state index in [-0.39, 0.29) is 6.04 Å². The number of hydrogen-bond donors (Lipinski definition) is 0. The van der Waals surface area contributed by atoms with Crippen LogP contribution in [-0.4, -0.2) is 35.3 Å². The maximum atomic E-state index is 13.1. The minimum Gasteiger partial charge on any atom is -0.260 e. The molecule has 0 spiro atoms. The van der Waals surface area contributed by atoms with Gasteiger partial charge in [-0.15, -0.1) is 0 Å². The molecular formula is C16H17BrN2O2S2. The fourth-order valence-electron chi connectivity index (χ4n) is 2.57. The summed E-state index contributed by atoms with van der Waals surface area (Å²) in [6, 6.07) is 12.5. The molecule has 0 N–H and O–H groups in total. The molecule has 2 heterocycles. The van der Waals surface area contributed by atoms with Gasteiger partial charge in [0.1, 0.15) is 0 Å². The lowest BCUT2D eigenvalue weighted by atomic mass is 10.2. The van der Waals surface area contributed by atoms with Crippen LogP contribution in [0.3, 0.4) is 0 Å². The number of thioether (sulfide) groups is 1. The number of rotatable bonds is 5. The van der Waals surface area contributed by atoms with Crippen molar-refractivity contribution in [2.24, 2.45) is 0 Å². The molecule has 0 unspecified atom stereocenters. The highest BCUT2D eigenvalue weighted by atomic mass is 79.9. The molecule has 1 fully saturated rings. The van der Waals surface area contributed by atoms with Crippen LogP contribution in [0.1, 0.15) is 12.1 Å². The summed E-state index contributed by atoms with van der Waals surface area (Å²) in [4.78, 5) is 4.61. The van der Waals surface area contributed by atoms with Crippen LogP contribution in [0.2, 0.25) is 0 Å². The van der Waals surface area contributed by atoms with Gasteiger partial charge >= 0.3 is 0 Å². The zero-order valence-electron chi connectivity index (χ0n) is 12.4. The smallest absolute Gasteiger partial charge is 0.243 e. The maximum absolute atomic E-state index is 13.1. The van der Waals surface area contributed by atoms with Crippen LogP contribution in [0, 0.1) is 0 Å². The molecule has 0 amide bonds. The van der Waals surface area contributed by atoms with Crippen molar-refractivity contribution in [2.45, 2.75) is 23.9 Å². The van der Waals surface area contributed by atoms with Crippen molar-refractivity contribution in [2.75, 3.05) is 11.5 Å². The Morgan fingerprint density at radius 2 is 2.13 bits per heavy atom. The zero-order chi connectivity index (χ0) is 16.3. The molecule has 122 valence electrons. The first kappa shape index (κ1) is 17.0. The number of pyridine rings is 1. The number of halogens is 1. The molecule has 1 atom stereocenters. The minimum atomic E-state index is -3.56. The molecule has 0 saturated carbocycles. The third kappa shape index (κ3) is 3.96. The van der Waals surface area contributed by atoms with E-state index in [0.717, 1.165) is 28.1 Å². The van der Waals surface area contributed by atoms with Crippen molar-refractivity contribution in [3.8, 4) is 0 Å². The molecule has 0 radical (unpaired) electrons. The van der Waals surface area contributed by atoms with Crippen LogP contribution < -0.4 is 0 Å². The highest BCUT2D eigenvalue weighted by Gasteiger charge is 2.34. The number of aromatic nitrogens is 1. The second kappa shape index (κ2) is 7.34. The van der Waals surface area contributed by atoms with Crippen LogP contribution in [0.4, 0.5) is 0 Å². The Hall–Kier alpha value is -0.890. The number of hydrogen-bond acceptors (Lipinski definition) is 4. The Morgan fingerprint density at radius 3 is 2.78 bits per heavy atom. The maximum Gasteiger partial charge on any atom is 0.243 e. The average molecular weight is 413 g/mol. The van der Waals surface area contributed by atoms with Crippen LogP contribution in [0.25, 0.3) is 0 Å². The van der Waals surface area contributed by atoms with Crippen molar-refractivity contribution < 1.29 is 8.42 Å². The Labute approximate surface area is 149 Å². The van der Waals surface area contributed by atoms with Crippen LogP contribution in [0.15, 0.2) is 58.0 Å². The van der Waals surface area contributed by atoms with E-state index in [1.54, 1.807) is 40.5 Å². The summed E-state index contributed by atoms with van der Waals surface area (Å²) in [6.07, 6.45) is 2.58. The summed E-state index contributed by atoms with van der Waals surface area (Å²) in [5.74, 6) is 1.83. The van der Waals surface area contributed by atoms with E-state index in [1.807, 2.05) is 24.3 Å². The molecule has 0 aliphatic carbocycles. The summed E-state index contributed by atoms with van der Waals surface area (Å²) in [7, 11) is -3.56. The average Bonchev–Trinajstić information content (AvgIpc) is 3.07. The van der Waals surface area contributed by atoms with Gasteiger partial charge in [0.05, 0.1) is 17.1 Å². The molecular weight excluding hydrogens is 396 g/mol. The van der Waals surface area contributed by atoms with Crippen molar-refractivity contribution >= 4 is 37.7 Å². The lowest BCUT2D eigenvalue weighted by molar-refractivity contribution is 0.331. The van der Waals surface area contributed by atoms with Crippen molar-refractivity contribution in [1.29, 1.82) is 0 Å². The quantitative estimate of drug-likeness (QED) is 0.753. The Kier molecular flexibility index (Phi) is 5.41. The van der Waals surface area contributed by atoms with Crippen molar-refractivity contribution in [3.63, 3.8) is 0 Å². The number of nitrogens with zero attached hydrogens (tertiary/aromatic N) is 2. The topological polar surface area (TPSA) is 50.3 Å². The number of benzene rings is 1. The first-order chi connectivity index (χ1) is 11.1. The number of sulfonamides is 1. The molecule has 2 aromatic rings. The van der Waals surface area contributed by atoms with Gasteiger partial charge in [-0.3, -0.25) is 4.98 Å². The van der Waals surface area contributed by atoms with Gasteiger partial charge in [-0.2, -0.15) is 16.1 Å². The predicted molar refractivity (Wildman–Crippen MR) is 96.8 cm³/mol. The highest BCUT2D eigenvalue weighted by Crippen LogP contribution is 2.29. The van der Waals surface area contributed by atoms with Gasteiger partial charge in [0.2, 0.25) is 10.0 Å². The second-order valence-electron chi connectivity index (χ2n) is 5.35. The molecule has 1 aromatic heterocycles. The van der Waals surface area contributed by atoms with Gasteiger partial charge in [0, 0.05) is 22.5 Å². The Balaban J connectivity index is 1.96. The standard InChI is InChI=1S/C16H17BrN2O2S2/c17-13-4-3-6-16(10-13)23(20,21)19(15-7-9-22-12-15)11-14-5-1-2-8-18-14/h1-6,8,10,15H,7,9,11-12H2/t15-/m0/s1. The molecule has 0 bridgehead atoms. The Bertz CT molecular complexity index is 763. The third-order valence-corrected chi connectivity index (χ3v) is 7.29. The van der Waals surface area contributed by atoms with Gasteiger partial charge in [-0.25, -0.2) is 8.42 Å². The molecule has 1 saturated heterocycles. The molecule has 1 aliphatic rings. The molecule has 1 aliphatic heterocycles. The van der Waals surface area contributed by atoms with E-state index >= 15 is 0 Å². The summed E-state index contributed by atoms with van der Waals surface area (Å²) in [5, 5.41) is 0. The van der Waals surface area contributed by atoms with Crippen molar-refractivity contribution in [1.82, 2.24) is 9.29 Å². The van der Waals surface area contributed by atoms with E-state index in [2.05, 4.69) is 20.9 Å². The van der Waals surface area contributed by atoms with Crippen LogP contribution in [0.5, 0.6) is 0 Å². The first-order valence-electron chi connectivity index (χ1n) is 7.32. The summed E-state index contributed by atoms with van der Waals surface area (Å²) >= 11 is 5.15. The lowest BCUT2D eigenvalue weighted by Gasteiger charge is -2.27. The SMILES string of the molecule is O=S(=O)(c1cccc(Br)c1)N(Cc1ccccn1)[C@H]1CCSC1. The van der Waals surface area contributed by atoms with E-state index in [1.165, 1.54) is 0 Å². The largest absolute Gasteiger partial charge is 0.260 e. The fraction of sp³-hybridized carbons (Fsp3) is 0.312. The Morgan fingerprint density at radius 1 is 1.26 bits per heavy atom. The molecule has 23 heavy (non-hydrogen) atoms. The predicted octanol–water partition coefficient (Wildman–Crippen LogP) is 3.54. The lowest BCUT2D eigenvalue weighted by Crippen LogP contribution is -2.40. The van der Waals surface area contributed by atoms with Crippen LogP contribution >= 0.6 is 27.7 Å². The monoisotopic (exact) mass is 412 g/mol. The summed E-state index contributed by atoms with van der Waals surface area (Å²) in [5.41, 5.74) is 0.767. The third-order valence-electron chi connectivity index (χ3n) is 3.76.